The van der Waals surface area contributed by atoms with Crippen LogP contribution in [0.4, 0.5) is 0 Å². The fraction of sp³-hybridized carbons (Fsp3) is 0.385. The van der Waals surface area contributed by atoms with Crippen LogP contribution in [0.15, 0.2) is 85.0 Å². The molecule has 2 aromatic carbocycles. The molecule has 10 nitrogen and oxygen atoms in total. The van der Waals surface area contributed by atoms with Crippen molar-refractivity contribution in [3.05, 3.63) is 107 Å². The van der Waals surface area contributed by atoms with E-state index < -0.39 is 36.1 Å². The van der Waals surface area contributed by atoms with E-state index in [4.69, 9.17) is 28.4 Å². The number of hydrogen-bond donors (Lipinski definition) is 0. The Bertz CT molecular complexity index is 1470. The van der Waals surface area contributed by atoms with E-state index in [-0.39, 0.29) is 54.6 Å². The monoisotopic (exact) mass is 676 g/mol. The van der Waals surface area contributed by atoms with Crippen molar-refractivity contribution in [2.75, 3.05) is 26.4 Å². The highest BCUT2D eigenvalue weighted by Crippen LogP contribution is 2.33. The number of aryl methyl sites for hydroxylation is 2. The zero-order valence-corrected chi connectivity index (χ0v) is 29.6. The SMILES string of the molecule is C=C(C)C(=O)OCC(COc1ccc(C(CC)c2ccc(OCC(COC(=O)C(=C)C)OC(=O)C(=C)C)c(C)c2)cc1C)OC(=O)C(=C)C. The Balaban J connectivity index is 2.16. The standard InChI is InChI=1S/C39H48O10/c1-12-33(29-13-15-34(27(10)17-29)44-19-31(48-38(42)25(6)7)21-46-36(40)23(2)3)30-14-16-35(28(11)18-30)45-20-32(49-39(43)26(8)9)22-47-37(41)24(4)5/h13-18,31-33H,2,4,6,8,12,19-22H2,1,3,5,7,9-11H3. The van der Waals surface area contributed by atoms with Crippen LogP contribution >= 0.6 is 0 Å². The van der Waals surface area contributed by atoms with Gasteiger partial charge in [0.15, 0.2) is 12.2 Å². The van der Waals surface area contributed by atoms with Crippen molar-refractivity contribution in [2.24, 2.45) is 0 Å². The highest BCUT2D eigenvalue weighted by atomic mass is 16.6. The van der Waals surface area contributed by atoms with Crippen LogP contribution in [0.25, 0.3) is 0 Å². The molecule has 0 aromatic heterocycles. The Morgan fingerprint density at radius 3 is 1.20 bits per heavy atom. The summed E-state index contributed by atoms with van der Waals surface area (Å²) in [6.45, 7) is 25.9. The third kappa shape index (κ3) is 12.8. The van der Waals surface area contributed by atoms with Crippen molar-refractivity contribution in [1.82, 2.24) is 0 Å². The van der Waals surface area contributed by atoms with Crippen LogP contribution in [-0.2, 0) is 38.1 Å². The molecule has 0 N–H and O–H groups in total. The van der Waals surface area contributed by atoms with Gasteiger partial charge in [-0.25, -0.2) is 19.2 Å². The lowest BCUT2D eigenvalue weighted by atomic mass is 9.87. The molecule has 2 unspecified atom stereocenters. The molecule has 10 heteroatoms. The second-order valence-electron chi connectivity index (χ2n) is 12.0. The Morgan fingerprint density at radius 1 is 0.571 bits per heavy atom. The van der Waals surface area contributed by atoms with Gasteiger partial charge in [-0.2, -0.15) is 0 Å². The molecule has 0 aliphatic rings. The number of carbonyl (C=O) groups is 4. The van der Waals surface area contributed by atoms with E-state index in [2.05, 4.69) is 33.2 Å². The summed E-state index contributed by atoms with van der Waals surface area (Å²) in [5.41, 5.74) is 4.79. The number of carbonyl (C=O) groups excluding carboxylic acids is 4. The molecule has 0 amide bonds. The van der Waals surface area contributed by atoms with Crippen LogP contribution in [0.3, 0.4) is 0 Å². The normalized spacial score (nSPS) is 12.4. The van der Waals surface area contributed by atoms with Gasteiger partial charge in [0.1, 0.15) is 37.9 Å². The van der Waals surface area contributed by atoms with Gasteiger partial charge in [0.05, 0.1) is 0 Å². The first-order valence-electron chi connectivity index (χ1n) is 15.9. The molecular formula is C39H48O10. The van der Waals surface area contributed by atoms with Gasteiger partial charge in [0, 0.05) is 28.2 Å². The van der Waals surface area contributed by atoms with Crippen molar-refractivity contribution >= 4 is 23.9 Å². The van der Waals surface area contributed by atoms with Crippen molar-refractivity contribution in [2.45, 2.75) is 73.0 Å². The second-order valence-corrected chi connectivity index (χ2v) is 12.0. The third-order valence-electron chi connectivity index (χ3n) is 7.20. The maximum absolute atomic E-state index is 12.2. The molecule has 2 aromatic rings. The van der Waals surface area contributed by atoms with Crippen LogP contribution in [0, 0.1) is 13.8 Å². The van der Waals surface area contributed by atoms with E-state index in [0.29, 0.717) is 11.5 Å². The molecule has 0 radical (unpaired) electrons. The summed E-state index contributed by atoms with van der Waals surface area (Å²) < 4.78 is 33.2. The number of benzene rings is 2. The van der Waals surface area contributed by atoms with Crippen LogP contribution in [-0.4, -0.2) is 62.5 Å². The first-order valence-corrected chi connectivity index (χ1v) is 15.9. The molecule has 2 atom stereocenters. The number of ether oxygens (including phenoxy) is 6. The summed E-state index contributed by atoms with van der Waals surface area (Å²) in [5, 5.41) is 0. The first-order chi connectivity index (χ1) is 23.0. The van der Waals surface area contributed by atoms with E-state index in [0.717, 1.165) is 28.7 Å². The summed E-state index contributed by atoms with van der Waals surface area (Å²) >= 11 is 0. The molecule has 0 heterocycles. The molecule has 2 rings (SSSR count). The zero-order valence-electron chi connectivity index (χ0n) is 29.6. The summed E-state index contributed by atoms with van der Waals surface area (Å²) in [6, 6.07) is 11.8. The van der Waals surface area contributed by atoms with E-state index in [1.807, 2.05) is 50.2 Å². The van der Waals surface area contributed by atoms with Gasteiger partial charge in [0.2, 0.25) is 0 Å². The number of rotatable bonds is 19. The molecular weight excluding hydrogens is 628 g/mol. The fourth-order valence-corrected chi connectivity index (χ4v) is 4.45. The second kappa shape index (κ2) is 19.0. The van der Waals surface area contributed by atoms with E-state index in [1.54, 1.807) is 0 Å². The van der Waals surface area contributed by atoms with Crippen molar-refractivity contribution in [3.8, 4) is 11.5 Å². The molecule has 0 saturated heterocycles. The number of esters is 4. The molecule has 0 saturated carbocycles. The predicted molar refractivity (Wildman–Crippen MR) is 186 cm³/mol. The Labute approximate surface area is 289 Å². The third-order valence-corrected chi connectivity index (χ3v) is 7.20. The maximum atomic E-state index is 12.2. The minimum atomic E-state index is -0.849. The number of hydrogen-bond acceptors (Lipinski definition) is 10. The van der Waals surface area contributed by atoms with Gasteiger partial charge in [-0.05, 0) is 82.3 Å². The fourth-order valence-electron chi connectivity index (χ4n) is 4.45. The Hall–Kier alpha value is -5.12. The van der Waals surface area contributed by atoms with E-state index in [1.165, 1.54) is 27.7 Å². The van der Waals surface area contributed by atoms with Crippen LogP contribution in [0.5, 0.6) is 11.5 Å². The lowest BCUT2D eigenvalue weighted by Gasteiger charge is -2.22. The van der Waals surface area contributed by atoms with Gasteiger partial charge in [-0.1, -0.05) is 57.5 Å². The average Bonchev–Trinajstić information content (AvgIpc) is 3.04. The average molecular weight is 677 g/mol. The molecule has 0 fully saturated rings. The molecule has 0 aliphatic heterocycles. The zero-order chi connectivity index (χ0) is 36.8. The van der Waals surface area contributed by atoms with Crippen LogP contribution in [0.1, 0.15) is 69.2 Å². The van der Waals surface area contributed by atoms with E-state index in [9.17, 15) is 19.2 Å². The summed E-state index contributed by atoms with van der Waals surface area (Å²) in [7, 11) is 0. The van der Waals surface area contributed by atoms with Gasteiger partial charge in [-0.3, -0.25) is 0 Å². The summed E-state index contributed by atoms with van der Waals surface area (Å²) in [6.07, 6.45) is -0.879. The maximum Gasteiger partial charge on any atom is 0.333 e. The van der Waals surface area contributed by atoms with Gasteiger partial charge in [0.25, 0.3) is 0 Å². The van der Waals surface area contributed by atoms with E-state index >= 15 is 0 Å². The van der Waals surface area contributed by atoms with Crippen molar-refractivity contribution in [3.63, 3.8) is 0 Å². The quantitative estimate of drug-likeness (QED) is 0.0890. The van der Waals surface area contributed by atoms with Crippen LogP contribution in [0.2, 0.25) is 0 Å². The highest BCUT2D eigenvalue weighted by Gasteiger charge is 2.22. The lowest BCUT2D eigenvalue weighted by Crippen LogP contribution is -2.31. The van der Waals surface area contributed by atoms with Crippen molar-refractivity contribution in [1.29, 1.82) is 0 Å². The summed E-state index contributed by atoms with van der Waals surface area (Å²) in [5.74, 6) is -1.15. The van der Waals surface area contributed by atoms with Gasteiger partial charge < -0.3 is 28.4 Å². The molecule has 0 aliphatic carbocycles. The highest BCUT2D eigenvalue weighted by molar-refractivity contribution is 5.88. The molecule has 49 heavy (non-hydrogen) atoms. The molecule has 264 valence electrons. The smallest absolute Gasteiger partial charge is 0.333 e. The Kier molecular flexibility index (Phi) is 15.5. The Morgan fingerprint density at radius 2 is 0.918 bits per heavy atom. The van der Waals surface area contributed by atoms with Crippen molar-refractivity contribution < 1.29 is 47.6 Å². The first kappa shape index (κ1) is 40.1. The predicted octanol–water partition coefficient (Wildman–Crippen LogP) is 6.82. The lowest BCUT2D eigenvalue weighted by molar-refractivity contribution is -0.155. The van der Waals surface area contributed by atoms with Crippen LogP contribution < -0.4 is 9.47 Å². The minimum Gasteiger partial charge on any atom is -0.489 e. The van der Waals surface area contributed by atoms with Gasteiger partial charge in [-0.15, -0.1) is 0 Å². The summed E-state index contributed by atoms with van der Waals surface area (Å²) in [4.78, 5) is 48.1. The van der Waals surface area contributed by atoms with Gasteiger partial charge >= 0.3 is 23.9 Å². The molecule has 0 bridgehead atoms. The molecule has 0 spiro atoms. The largest absolute Gasteiger partial charge is 0.489 e. The topological polar surface area (TPSA) is 124 Å². The minimum absolute atomic E-state index is 0.0376.